The van der Waals surface area contributed by atoms with Gasteiger partial charge in [0.15, 0.2) is 0 Å². The van der Waals surface area contributed by atoms with E-state index >= 15 is 0 Å². The van der Waals surface area contributed by atoms with Crippen LogP contribution in [0.1, 0.15) is 25.5 Å². The van der Waals surface area contributed by atoms with Gasteiger partial charge >= 0.3 is 0 Å². The van der Waals surface area contributed by atoms with Gasteiger partial charge in [0.05, 0.1) is 18.0 Å². The average Bonchev–Trinajstić information content (AvgIpc) is 2.72. The molecule has 2 aromatic carbocycles. The molecule has 0 heterocycles. The van der Waals surface area contributed by atoms with Crippen molar-refractivity contribution in [3.63, 3.8) is 0 Å². The fraction of sp³-hybridized carbons (Fsp3) is 0.409. The molecule has 1 amide bonds. The van der Waals surface area contributed by atoms with Crippen molar-refractivity contribution in [3.05, 3.63) is 59.1 Å². The summed E-state index contributed by atoms with van der Waals surface area (Å²) >= 11 is 5.84. The van der Waals surface area contributed by atoms with Gasteiger partial charge in [0.1, 0.15) is 11.8 Å². The van der Waals surface area contributed by atoms with E-state index in [1.807, 2.05) is 43.3 Å². The van der Waals surface area contributed by atoms with E-state index in [0.717, 1.165) is 11.3 Å². The highest BCUT2D eigenvalue weighted by Gasteiger charge is 2.29. The van der Waals surface area contributed by atoms with Crippen LogP contribution in [-0.4, -0.2) is 53.0 Å². The number of hydrogen-bond acceptors (Lipinski definition) is 5. The molecule has 0 aliphatic carbocycles. The van der Waals surface area contributed by atoms with E-state index in [-0.39, 0.29) is 23.4 Å². The molecule has 2 rings (SSSR count). The number of halogens is 1. The summed E-state index contributed by atoms with van der Waals surface area (Å²) in [5.41, 5.74) is 0.929. The first-order valence-electron chi connectivity index (χ1n) is 9.91. The van der Waals surface area contributed by atoms with Crippen molar-refractivity contribution in [2.75, 3.05) is 27.7 Å². The van der Waals surface area contributed by atoms with E-state index < -0.39 is 22.0 Å². The molecule has 0 aliphatic heterocycles. The van der Waals surface area contributed by atoms with Gasteiger partial charge in [-0.15, -0.1) is 0 Å². The smallest absolute Gasteiger partial charge is 0.241 e. The minimum Gasteiger partial charge on any atom is -0.496 e. The van der Waals surface area contributed by atoms with Crippen LogP contribution in [0.3, 0.4) is 0 Å². The minimum absolute atomic E-state index is 0.0514. The Balaban J connectivity index is 2.17. The summed E-state index contributed by atoms with van der Waals surface area (Å²) in [6.45, 7) is 3.87. The van der Waals surface area contributed by atoms with E-state index in [1.54, 1.807) is 21.0 Å². The summed E-state index contributed by atoms with van der Waals surface area (Å²) in [6.07, 6.45) is 0. The monoisotopic (exact) mass is 467 g/mol. The number of likely N-dealkylation sites (N-methyl/N-ethyl adjacent to an activating group) is 1. The number of amides is 1. The predicted molar refractivity (Wildman–Crippen MR) is 123 cm³/mol. The lowest BCUT2D eigenvalue weighted by atomic mass is 10.0. The molecule has 0 saturated carbocycles. The van der Waals surface area contributed by atoms with Crippen molar-refractivity contribution < 1.29 is 17.9 Å². The molecule has 0 aromatic heterocycles. The molecule has 170 valence electrons. The Kier molecular flexibility index (Phi) is 8.88. The standard InChI is InChI=1S/C22H30ClN3O4S/c1-15(2)21(25-31(28,29)17-12-10-16(23)11-13-17)22(27)24-14-19(26(3)4)18-8-6-7-9-20(18)30-5/h6-13,15,19,21,25H,14H2,1-5H3,(H,24,27). The van der Waals surface area contributed by atoms with E-state index in [9.17, 15) is 13.2 Å². The number of ether oxygens (including phenoxy) is 1. The maximum atomic E-state index is 13.0. The van der Waals surface area contributed by atoms with Crippen LogP contribution >= 0.6 is 11.6 Å². The first-order valence-corrected chi connectivity index (χ1v) is 11.8. The van der Waals surface area contributed by atoms with Gasteiger partial charge in [0.2, 0.25) is 15.9 Å². The Labute approximate surface area is 189 Å². The van der Waals surface area contributed by atoms with Crippen LogP contribution in [0.2, 0.25) is 5.02 Å². The van der Waals surface area contributed by atoms with Crippen molar-refractivity contribution in [1.29, 1.82) is 0 Å². The summed E-state index contributed by atoms with van der Waals surface area (Å²) in [5, 5.41) is 3.33. The number of nitrogens with one attached hydrogen (secondary N) is 2. The summed E-state index contributed by atoms with van der Waals surface area (Å²) < 4.78 is 33.5. The number of carbonyl (C=O) groups is 1. The molecule has 2 unspecified atom stereocenters. The fourth-order valence-corrected chi connectivity index (χ4v) is 4.63. The normalized spacial score (nSPS) is 13.8. The van der Waals surface area contributed by atoms with E-state index in [2.05, 4.69) is 10.0 Å². The number of para-hydroxylation sites is 1. The van der Waals surface area contributed by atoms with Crippen molar-refractivity contribution in [2.24, 2.45) is 5.92 Å². The topological polar surface area (TPSA) is 87.7 Å². The second-order valence-electron chi connectivity index (χ2n) is 7.76. The Morgan fingerprint density at radius 2 is 1.71 bits per heavy atom. The molecule has 0 bridgehead atoms. The molecule has 2 N–H and O–H groups in total. The van der Waals surface area contributed by atoms with Crippen LogP contribution < -0.4 is 14.8 Å². The van der Waals surface area contributed by atoms with Gasteiger partial charge in [-0.1, -0.05) is 43.6 Å². The lowest BCUT2D eigenvalue weighted by molar-refractivity contribution is -0.123. The van der Waals surface area contributed by atoms with Gasteiger partial charge in [-0.25, -0.2) is 8.42 Å². The summed E-state index contributed by atoms with van der Waals surface area (Å²) in [6, 6.07) is 12.3. The summed E-state index contributed by atoms with van der Waals surface area (Å²) in [7, 11) is 1.54. The van der Waals surface area contributed by atoms with Gasteiger partial charge in [-0.05, 0) is 50.3 Å². The molecule has 0 aliphatic rings. The Hall–Kier alpha value is -2.13. The van der Waals surface area contributed by atoms with Crippen LogP contribution in [-0.2, 0) is 14.8 Å². The number of carbonyl (C=O) groups excluding carboxylic acids is 1. The van der Waals surface area contributed by atoms with E-state index in [0.29, 0.717) is 5.02 Å². The van der Waals surface area contributed by atoms with Crippen LogP contribution in [0.4, 0.5) is 0 Å². The average molecular weight is 468 g/mol. The minimum atomic E-state index is -3.88. The lowest BCUT2D eigenvalue weighted by Gasteiger charge is -2.28. The molecule has 0 saturated heterocycles. The predicted octanol–water partition coefficient (Wildman–Crippen LogP) is 3.07. The van der Waals surface area contributed by atoms with E-state index in [4.69, 9.17) is 16.3 Å². The number of benzene rings is 2. The maximum absolute atomic E-state index is 13.0. The lowest BCUT2D eigenvalue weighted by Crippen LogP contribution is -2.50. The Morgan fingerprint density at radius 3 is 2.26 bits per heavy atom. The molecule has 2 atom stereocenters. The third-order valence-electron chi connectivity index (χ3n) is 4.95. The van der Waals surface area contributed by atoms with Crippen LogP contribution in [0.5, 0.6) is 5.75 Å². The second-order valence-corrected chi connectivity index (χ2v) is 9.91. The quantitative estimate of drug-likeness (QED) is 0.560. The van der Waals surface area contributed by atoms with Crippen LogP contribution in [0, 0.1) is 5.92 Å². The highest BCUT2D eigenvalue weighted by atomic mass is 35.5. The molecule has 7 nitrogen and oxygen atoms in total. The highest BCUT2D eigenvalue weighted by molar-refractivity contribution is 7.89. The van der Waals surface area contributed by atoms with Gasteiger partial charge < -0.3 is 15.0 Å². The van der Waals surface area contributed by atoms with Crippen LogP contribution in [0.25, 0.3) is 0 Å². The third-order valence-corrected chi connectivity index (χ3v) is 6.66. The Bertz CT molecular complexity index is 979. The van der Waals surface area contributed by atoms with Gasteiger partial charge in [-0.3, -0.25) is 4.79 Å². The zero-order valence-electron chi connectivity index (χ0n) is 18.4. The fourth-order valence-electron chi connectivity index (χ4n) is 3.16. The van der Waals surface area contributed by atoms with Crippen molar-refractivity contribution in [3.8, 4) is 5.75 Å². The molecule has 0 radical (unpaired) electrons. The number of methoxy groups -OCH3 is 1. The molecule has 31 heavy (non-hydrogen) atoms. The second kappa shape index (κ2) is 10.9. The van der Waals surface area contributed by atoms with Crippen molar-refractivity contribution in [2.45, 2.75) is 30.8 Å². The van der Waals surface area contributed by atoms with Crippen molar-refractivity contribution >= 4 is 27.5 Å². The largest absolute Gasteiger partial charge is 0.496 e. The summed E-state index contributed by atoms with van der Waals surface area (Å²) in [5.74, 6) is 0.0692. The number of sulfonamides is 1. The van der Waals surface area contributed by atoms with Gasteiger partial charge in [0, 0.05) is 17.1 Å². The zero-order valence-corrected chi connectivity index (χ0v) is 20.0. The number of hydrogen-bond donors (Lipinski definition) is 2. The molecular weight excluding hydrogens is 438 g/mol. The number of nitrogens with zero attached hydrogens (tertiary/aromatic N) is 1. The van der Waals surface area contributed by atoms with E-state index in [1.165, 1.54) is 24.3 Å². The maximum Gasteiger partial charge on any atom is 0.241 e. The van der Waals surface area contributed by atoms with Crippen molar-refractivity contribution in [1.82, 2.24) is 14.9 Å². The first-order chi connectivity index (χ1) is 14.6. The highest BCUT2D eigenvalue weighted by Crippen LogP contribution is 2.27. The molecule has 2 aromatic rings. The molecular formula is C22H30ClN3O4S. The summed E-state index contributed by atoms with van der Waals surface area (Å²) in [4.78, 5) is 15.0. The Morgan fingerprint density at radius 1 is 1.10 bits per heavy atom. The van der Waals surface area contributed by atoms with Gasteiger partial charge in [0.25, 0.3) is 0 Å². The molecule has 0 fully saturated rings. The SMILES string of the molecule is COc1ccccc1C(CNC(=O)C(NS(=O)(=O)c1ccc(Cl)cc1)C(C)C)N(C)C. The first kappa shape index (κ1) is 25.1. The van der Waals surface area contributed by atoms with Crippen LogP contribution in [0.15, 0.2) is 53.4 Å². The third kappa shape index (κ3) is 6.67. The molecule has 0 spiro atoms. The van der Waals surface area contributed by atoms with Gasteiger partial charge in [-0.2, -0.15) is 4.72 Å². The molecule has 9 heteroatoms. The zero-order chi connectivity index (χ0) is 23.2. The number of rotatable bonds is 10.